The predicted molar refractivity (Wildman–Crippen MR) is 98.6 cm³/mol. The van der Waals surface area contributed by atoms with Crippen LogP contribution in [0.25, 0.3) is 0 Å². The van der Waals surface area contributed by atoms with Crippen molar-refractivity contribution in [3.63, 3.8) is 0 Å². The molecule has 3 aliphatic carbocycles. The number of hydrogen-bond donors (Lipinski definition) is 0. The molecule has 0 heterocycles. The van der Waals surface area contributed by atoms with E-state index in [0.29, 0.717) is 0 Å². The summed E-state index contributed by atoms with van der Waals surface area (Å²) in [4.78, 5) is 0. The largest absolute Gasteiger partial charge is 4.00 e. The molecule has 0 atom stereocenters. The maximum Gasteiger partial charge on any atom is 4.00 e. The van der Waals surface area contributed by atoms with Crippen LogP contribution in [0.5, 0.6) is 0 Å². The van der Waals surface area contributed by atoms with E-state index in [1.54, 1.807) is 0 Å². The molecule has 15 radical (unpaired) electrons. The molecular weight excluding hydrogens is 502 g/mol. The van der Waals surface area contributed by atoms with Gasteiger partial charge in [-0.25, -0.2) is 0 Å². The average Bonchev–Trinajstić information content (AvgIpc) is 3.15. The maximum atomic E-state index is 2.08. The zero-order valence-electron chi connectivity index (χ0n) is 15.4. The first kappa shape index (κ1) is 26.3. The Hall–Kier alpha value is 1.05. The SMILES string of the molecule is C[C-](C)C.C[C]1[CH][CH][CH][CH]1.C[C]1[CH][CH][CH][CH]1.C[C]1[CH][CH][CH][CH]1.[U+4]. The molecule has 0 N–H and O–H groups in total. The van der Waals surface area contributed by atoms with Crippen LogP contribution in [0, 0.1) is 132 Å². The van der Waals surface area contributed by atoms with E-state index in [1.807, 2.05) is 38.5 Å². The molecule has 0 amide bonds. The van der Waals surface area contributed by atoms with Crippen LogP contribution in [0.2, 0.25) is 0 Å². The second kappa shape index (κ2) is 17.9. The Balaban J connectivity index is 0. The van der Waals surface area contributed by atoms with Crippen LogP contribution in [-0.2, 0) is 0 Å². The van der Waals surface area contributed by atoms with Gasteiger partial charge in [0.2, 0.25) is 0 Å². The first-order valence-electron chi connectivity index (χ1n) is 7.73. The van der Waals surface area contributed by atoms with Crippen molar-refractivity contribution in [2.75, 3.05) is 0 Å². The summed E-state index contributed by atoms with van der Waals surface area (Å²) in [7, 11) is 0. The fourth-order valence-electron chi connectivity index (χ4n) is 1.41. The molecule has 0 bridgehead atoms. The zero-order chi connectivity index (χ0) is 16.8. The molecule has 0 unspecified atom stereocenters. The van der Waals surface area contributed by atoms with Gasteiger partial charge in [0.1, 0.15) is 0 Å². The van der Waals surface area contributed by atoms with Gasteiger partial charge in [-0.05, 0) is 94.8 Å². The summed E-state index contributed by atoms with van der Waals surface area (Å²) < 4.78 is 0. The Kier molecular flexibility index (Phi) is 20.4. The molecular formula is C22H30U+3. The Morgan fingerprint density at radius 2 is 0.609 bits per heavy atom. The summed E-state index contributed by atoms with van der Waals surface area (Å²) in [6.07, 6.45) is 24.7. The standard InChI is InChI=1S/3C6H7.C4H9.U/c3*1-6-4-2-3-5-6;1-4(2)3;/h3*2-5H,1H3;1-3H3;/q;;;-1;+4. The Bertz CT molecular complexity index is 170. The fourth-order valence-corrected chi connectivity index (χ4v) is 1.41. The van der Waals surface area contributed by atoms with Crippen LogP contribution in [0.1, 0.15) is 41.5 Å². The van der Waals surface area contributed by atoms with Crippen molar-refractivity contribution in [2.45, 2.75) is 41.5 Å². The van der Waals surface area contributed by atoms with E-state index in [9.17, 15) is 0 Å². The van der Waals surface area contributed by atoms with E-state index in [0.717, 1.165) is 0 Å². The van der Waals surface area contributed by atoms with Gasteiger partial charge in [-0.1, -0.05) is 20.8 Å². The van der Waals surface area contributed by atoms with E-state index in [2.05, 4.69) is 80.1 Å². The van der Waals surface area contributed by atoms with Gasteiger partial charge in [0.05, 0.1) is 0 Å². The van der Waals surface area contributed by atoms with Crippen molar-refractivity contribution < 1.29 is 31.1 Å². The average molecular weight is 533 g/mol. The van der Waals surface area contributed by atoms with E-state index in [1.165, 1.54) is 23.7 Å². The molecule has 3 fully saturated rings. The number of rotatable bonds is 0. The quantitative estimate of drug-likeness (QED) is 0.343. The topological polar surface area (TPSA) is 0 Å². The first-order valence-corrected chi connectivity index (χ1v) is 7.73. The molecule has 0 aliphatic heterocycles. The van der Waals surface area contributed by atoms with Gasteiger partial charge < -0.3 is 5.92 Å². The third-order valence-corrected chi connectivity index (χ3v) is 2.49. The third-order valence-electron chi connectivity index (χ3n) is 2.49. The zero-order valence-corrected chi connectivity index (χ0v) is 19.6. The van der Waals surface area contributed by atoms with Crippen molar-refractivity contribution >= 4 is 0 Å². The molecule has 0 nitrogen and oxygen atoms in total. The van der Waals surface area contributed by atoms with Gasteiger partial charge in [-0.3, -0.25) is 0 Å². The van der Waals surface area contributed by atoms with Crippen molar-refractivity contribution in [3.8, 4) is 0 Å². The Morgan fingerprint density at radius 3 is 0.652 bits per heavy atom. The Morgan fingerprint density at radius 1 is 0.478 bits per heavy atom. The molecule has 3 rings (SSSR count). The second-order valence-corrected chi connectivity index (χ2v) is 5.89. The van der Waals surface area contributed by atoms with E-state index in [-0.39, 0.29) is 31.1 Å². The smallest absolute Gasteiger partial charge is 0.323 e. The van der Waals surface area contributed by atoms with Crippen molar-refractivity contribution in [2.24, 2.45) is 0 Å². The summed E-state index contributed by atoms with van der Waals surface area (Å²) in [5, 5.41) is 0. The summed E-state index contributed by atoms with van der Waals surface area (Å²) in [6.45, 7) is 12.5. The fraction of sp³-hybridized carbons (Fsp3) is 0.273. The minimum atomic E-state index is 0. The molecule has 23 heavy (non-hydrogen) atoms. The van der Waals surface area contributed by atoms with Crippen LogP contribution in [0.4, 0.5) is 0 Å². The maximum absolute atomic E-state index is 2.08. The van der Waals surface area contributed by atoms with Crippen LogP contribution >= 0.6 is 0 Å². The van der Waals surface area contributed by atoms with Crippen LogP contribution < -0.4 is 0 Å². The van der Waals surface area contributed by atoms with Crippen molar-refractivity contribution in [1.82, 2.24) is 0 Å². The molecule has 119 valence electrons. The minimum absolute atomic E-state index is 0. The van der Waals surface area contributed by atoms with Gasteiger partial charge in [0.25, 0.3) is 0 Å². The summed E-state index contributed by atoms with van der Waals surface area (Å²) >= 11 is 0. The minimum Gasteiger partial charge on any atom is -0.323 e. The third kappa shape index (κ3) is 21.0. The predicted octanol–water partition coefficient (Wildman–Crippen LogP) is 5.86. The van der Waals surface area contributed by atoms with Gasteiger partial charge in [0.15, 0.2) is 0 Å². The molecule has 0 aromatic carbocycles. The molecule has 3 aliphatic rings. The molecule has 0 spiro atoms. The van der Waals surface area contributed by atoms with Crippen molar-refractivity contribution in [3.05, 3.63) is 101 Å². The second-order valence-electron chi connectivity index (χ2n) is 5.89. The Labute approximate surface area is 172 Å². The van der Waals surface area contributed by atoms with Crippen molar-refractivity contribution in [1.29, 1.82) is 0 Å². The van der Waals surface area contributed by atoms with Crippen LogP contribution in [0.3, 0.4) is 0 Å². The summed E-state index contributed by atoms with van der Waals surface area (Å²) in [5.74, 6) is 5.44. The van der Waals surface area contributed by atoms with Gasteiger partial charge in [-0.2, -0.15) is 20.8 Å². The van der Waals surface area contributed by atoms with Gasteiger partial charge in [0, 0.05) is 0 Å². The van der Waals surface area contributed by atoms with E-state index in [4.69, 9.17) is 0 Å². The summed E-state index contributed by atoms with van der Waals surface area (Å²) in [6, 6.07) is 0. The number of hydrogen-bond acceptors (Lipinski definition) is 0. The van der Waals surface area contributed by atoms with E-state index >= 15 is 0 Å². The van der Waals surface area contributed by atoms with Gasteiger partial charge in [-0.15, -0.1) is 0 Å². The van der Waals surface area contributed by atoms with Crippen LogP contribution in [-0.4, -0.2) is 0 Å². The molecule has 0 aromatic heterocycles. The van der Waals surface area contributed by atoms with Crippen LogP contribution in [0.15, 0.2) is 0 Å². The normalized spacial score (nSPS) is 21.5. The molecule has 0 saturated heterocycles. The molecule has 3 saturated carbocycles. The molecule has 0 aromatic rings. The first-order chi connectivity index (χ1) is 10.4. The molecule has 1 heteroatoms. The summed E-state index contributed by atoms with van der Waals surface area (Å²) in [5.41, 5.74) is 0. The monoisotopic (exact) mass is 532 g/mol. The van der Waals surface area contributed by atoms with E-state index < -0.39 is 0 Å². The van der Waals surface area contributed by atoms with Gasteiger partial charge >= 0.3 is 31.1 Å².